The number of carbonyl (C=O) groups is 2. The van der Waals surface area contributed by atoms with Gasteiger partial charge in [-0.2, -0.15) is 0 Å². The minimum Gasteiger partial charge on any atom is -0.365 e. The van der Waals surface area contributed by atoms with Crippen molar-refractivity contribution in [2.24, 2.45) is 0 Å². The molecule has 31 heavy (non-hydrogen) atoms. The van der Waals surface area contributed by atoms with E-state index < -0.39 is 5.91 Å². The molecule has 5 nitrogen and oxygen atoms in total. The first kappa shape index (κ1) is 21.1. The van der Waals surface area contributed by atoms with E-state index in [1.165, 1.54) is 4.90 Å². The van der Waals surface area contributed by atoms with Gasteiger partial charge in [0.2, 0.25) is 0 Å². The number of halogens is 2. The molecule has 1 aliphatic rings. The Bertz CT molecular complexity index is 1160. The lowest BCUT2D eigenvalue weighted by Gasteiger charge is -2.21. The number of pyridine rings is 1. The number of likely N-dealkylation sites (N-methyl/N-ethyl adjacent to an activating group) is 1. The third-order valence-electron chi connectivity index (χ3n) is 5.05. The molecule has 7 heteroatoms. The molecule has 156 valence electrons. The van der Waals surface area contributed by atoms with E-state index in [-0.39, 0.29) is 18.0 Å². The molecule has 0 atom stereocenters. The molecule has 0 saturated carbocycles. The number of amides is 2. The van der Waals surface area contributed by atoms with Crippen molar-refractivity contribution in [3.63, 3.8) is 0 Å². The van der Waals surface area contributed by atoms with Gasteiger partial charge in [0.25, 0.3) is 11.8 Å². The van der Waals surface area contributed by atoms with E-state index in [1.807, 2.05) is 36.4 Å². The summed E-state index contributed by atoms with van der Waals surface area (Å²) in [4.78, 5) is 34.0. The van der Waals surface area contributed by atoms with Crippen LogP contribution in [0.2, 0.25) is 10.0 Å². The minimum atomic E-state index is -0.395. The molecule has 4 rings (SSSR count). The molecule has 1 aliphatic heterocycles. The van der Waals surface area contributed by atoms with E-state index in [0.717, 1.165) is 11.1 Å². The van der Waals surface area contributed by atoms with E-state index in [2.05, 4.69) is 4.98 Å². The molecule has 0 N–H and O–H groups in total. The van der Waals surface area contributed by atoms with Crippen LogP contribution in [0.5, 0.6) is 0 Å². The Labute approximate surface area is 190 Å². The summed E-state index contributed by atoms with van der Waals surface area (Å²) in [5.74, 6) is -0.763. The van der Waals surface area contributed by atoms with Gasteiger partial charge < -0.3 is 4.90 Å². The summed E-state index contributed by atoms with van der Waals surface area (Å²) >= 11 is 12.5. The predicted molar refractivity (Wildman–Crippen MR) is 121 cm³/mol. The van der Waals surface area contributed by atoms with Crippen LogP contribution in [0.1, 0.15) is 16.7 Å². The van der Waals surface area contributed by atoms with Crippen molar-refractivity contribution in [3.05, 3.63) is 105 Å². The van der Waals surface area contributed by atoms with Crippen molar-refractivity contribution in [3.8, 4) is 0 Å². The highest BCUT2D eigenvalue weighted by Crippen LogP contribution is 2.36. The second kappa shape index (κ2) is 8.92. The average molecular weight is 452 g/mol. The number of imide groups is 1. The first-order valence-electron chi connectivity index (χ1n) is 9.65. The predicted octanol–water partition coefficient (Wildman–Crippen LogP) is 4.80. The lowest BCUT2D eigenvalue weighted by atomic mass is 10.0. The second-order valence-electron chi connectivity index (χ2n) is 7.25. The van der Waals surface area contributed by atoms with Crippen LogP contribution in [-0.4, -0.2) is 33.6 Å². The quantitative estimate of drug-likeness (QED) is 0.505. The molecule has 0 aliphatic carbocycles. The lowest BCUT2D eigenvalue weighted by Crippen LogP contribution is -2.33. The SMILES string of the molecule is CN(Cc1ccccc1)C1=C(c2ccc(Cl)cc2Cl)C(=O)N(Cc2cccnc2)C1=O. The highest BCUT2D eigenvalue weighted by Gasteiger charge is 2.41. The third kappa shape index (κ3) is 4.33. The van der Waals surface area contributed by atoms with Gasteiger partial charge in [0, 0.05) is 36.6 Å². The van der Waals surface area contributed by atoms with Gasteiger partial charge in [-0.05, 0) is 29.3 Å². The maximum absolute atomic E-state index is 13.4. The molecular formula is C24H19Cl2N3O2. The van der Waals surface area contributed by atoms with Crippen LogP contribution in [0.25, 0.3) is 5.57 Å². The van der Waals surface area contributed by atoms with Crippen molar-refractivity contribution in [1.82, 2.24) is 14.8 Å². The fraction of sp³-hybridized carbons (Fsp3) is 0.125. The topological polar surface area (TPSA) is 53.5 Å². The lowest BCUT2D eigenvalue weighted by molar-refractivity contribution is -0.138. The Morgan fingerprint density at radius 2 is 1.68 bits per heavy atom. The Morgan fingerprint density at radius 1 is 0.935 bits per heavy atom. The van der Waals surface area contributed by atoms with Gasteiger partial charge in [-0.25, -0.2) is 0 Å². The van der Waals surface area contributed by atoms with Gasteiger partial charge in [-0.1, -0.05) is 65.7 Å². The van der Waals surface area contributed by atoms with E-state index in [0.29, 0.717) is 27.9 Å². The first-order valence-corrected chi connectivity index (χ1v) is 10.4. The fourth-order valence-electron chi connectivity index (χ4n) is 3.61. The summed E-state index contributed by atoms with van der Waals surface area (Å²) in [5, 5.41) is 0.773. The van der Waals surface area contributed by atoms with Crippen LogP contribution >= 0.6 is 23.2 Å². The summed E-state index contributed by atoms with van der Waals surface area (Å²) in [6, 6.07) is 18.3. The standard InChI is InChI=1S/C24H19Cl2N3O2/c1-28(14-16-6-3-2-4-7-16)22-21(19-10-9-18(25)12-20(19)26)23(30)29(24(22)31)15-17-8-5-11-27-13-17/h2-13H,14-15H2,1H3. The number of aromatic nitrogens is 1. The van der Waals surface area contributed by atoms with E-state index in [9.17, 15) is 9.59 Å². The van der Waals surface area contributed by atoms with E-state index >= 15 is 0 Å². The van der Waals surface area contributed by atoms with Crippen LogP contribution < -0.4 is 0 Å². The average Bonchev–Trinajstić information content (AvgIpc) is 3.00. The summed E-state index contributed by atoms with van der Waals surface area (Å²) in [5.41, 5.74) is 2.84. The third-order valence-corrected chi connectivity index (χ3v) is 5.60. The zero-order valence-electron chi connectivity index (χ0n) is 16.8. The zero-order chi connectivity index (χ0) is 22.0. The molecule has 2 amide bonds. The Morgan fingerprint density at radius 3 is 2.35 bits per heavy atom. The number of hydrogen-bond donors (Lipinski definition) is 0. The maximum atomic E-state index is 13.4. The highest BCUT2D eigenvalue weighted by atomic mass is 35.5. The van der Waals surface area contributed by atoms with Crippen LogP contribution in [0.15, 0.2) is 78.8 Å². The smallest absolute Gasteiger partial charge is 0.278 e. The van der Waals surface area contributed by atoms with Crippen LogP contribution in [-0.2, 0) is 22.7 Å². The molecule has 0 spiro atoms. The Hall–Kier alpha value is -3.15. The summed E-state index contributed by atoms with van der Waals surface area (Å²) < 4.78 is 0. The summed E-state index contributed by atoms with van der Waals surface area (Å²) in [6.07, 6.45) is 3.29. The summed E-state index contributed by atoms with van der Waals surface area (Å²) in [7, 11) is 1.80. The van der Waals surface area contributed by atoms with Crippen molar-refractivity contribution in [1.29, 1.82) is 0 Å². The van der Waals surface area contributed by atoms with Gasteiger partial charge in [0.15, 0.2) is 0 Å². The number of benzene rings is 2. The van der Waals surface area contributed by atoms with Gasteiger partial charge in [0.1, 0.15) is 5.70 Å². The van der Waals surface area contributed by atoms with Crippen molar-refractivity contribution in [2.75, 3.05) is 7.05 Å². The van der Waals surface area contributed by atoms with Crippen molar-refractivity contribution < 1.29 is 9.59 Å². The van der Waals surface area contributed by atoms with Crippen molar-refractivity contribution in [2.45, 2.75) is 13.1 Å². The normalized spacial score (nSPS) is 13.8. The molecule has 0 radical (unpaired) electrons. The molecule has 3 aromatic rings. The van der Waals surface area contributed by atoms with Gasteiger partial charge in [0.05, 0.1) is 17.1 Å². The van der Waals surface area contributed by atoms with Crippen LogP contribution in [0.4, 0.5) is 0 Å². The Kier molecular flexibility index (Phi) is 6.07. The van der Waals surface area contributed by atoms with Crippen molar-refractivity contribution >= 4 is 40.6 Å². The van der Waals surface area contributed by atoms with Crippen LogP contribution in [0.3, 0.4) is 0 Å². The zero-order valence-corrected chi connectivity index (χ0v) is 18.3. The molecule has 0 bridgehead atoms. The first-order chi connectivity index (χ1) is 15.0. The summed E-state index contributed by atoms with van der Waals surface area (Å²) in [6.45, 7) is 0.591. The number of hydrogen-bond acceptors (Lipinski definition) is 4. The monoisotopic (exact) mass is 451 g/mol. The van der Waals surface area contributed by atoms with E-state index in [1.54, 1.807) is 48.6 Å². The van der Waals surface area contributed by atoms with Gasteiger partial charge in [-0.3, -0.25) is 19.5 Å². The second-order valence-corrected chi connectivity index (χ2v) is 8.09. The molecule has 0 unspecified atom stereocenters. The van der Waals surface area contributed by atoms with E-state index in [4.69, 9.17) is 23.2 Å². The molecule has 2 aromatic carbocycles. The maximum Gasteiger partial charge on any atom is 0.278 e. The number of nitrogens with zero attached hydrogens (tertiary/aromatic N) is 3. The number of rotatable bonds is 6. The Balaban J connectivity index is 1.77. The molecule has 1 aromatic heterocycles. The molecule has 2 heterocycles. The fourth-order valence-corrected chi connectivity index (χ4v) is 4.11. The van der Waals surface area contributed by atoms with Gasteiger partial charge in [-0.15, -0.1) is 0 Å². The molecular weight excluding hydrogens is 433 g/mol. The largest absolute Gasteiger partial charge is 0.365 e. The molecule has 0 fully saturated rings. The van der Waals surface area contributed by atoms with Crippen LogP contribution in [0, 0.1) is 0 Å². The van der Waals surface area contributed by atoms with Gasteiger partial charge >= 0.3 is 0 Å². The highest BCUT2D eigenvalue weighted by molar-refractivity contribution is 6.41. The molecule has 0 saturated heterocycles. The minimum absolute atomic E-state index is 0.128. The number of carbonyl (C=O) groups excluding carboxylic acids is 2.